The monoisotopic (exact) mass is 222 g/mol. The second kappa shape index (κ2) is 4.22. The Morgan fingerprint density at radius 3 is 2.88 bits per heavy atom. The highest BCUT2D eigenvalue weighted by Gasteiger charge is 2.33. The first kappa shape index (κ1) is 11.7. The average Bonchev–Trinajstić information content (AvgIpc) is 2.59. The van der Waals surface area contributed by atoms with Crippen molar-refractivity contribution in [1.82, 2.24) is 9.47 Å². The molecule has 0 saturated carbocycles. The Morgan fingerprint density at radius 2 is 2.25 bits per heavy atom. The van der Waals surface area contributed by atoms with E-state index in [1.165, 1.54) is 5.56 Å². The van der Waals surface area contributed by atoms with E-state index in [2.05, 4.69) is 55.7 Å². The number of hydrogen-bond donors (Lipinski definition) is 0. The maximum absolute atomic E-state index is 5.72. The van der Waals surface area contributed by atoms with Gasteiger partial charge in [0.2, 0.25) is 0 Å². The Hall–Kier alpha value is -0.800. The van der Waals surface area contributed by atoms with Crippen molar-refractivity contribution in [2.75, 3.05) is 13.2 Å². The van der Waals surface area contributed by atoms with Gasteiger partial charge in [0, 0.05) is 38.1 Å². The second-order valence-corrected chi connectivity index (χ2v) is 5.50. The van der Waals surface area contributed by atoms with Gasteiger partial charge >= 0.3 is 0 Å². The smallest absolute Gasteiger partial charge is 0.0675 e. The molecule has 1 atom stereocenters. The van der Waals surface area contributed by atoms with E-state index in [-0.39, 0.29) is 5.54 Å². The summed E-state index contributed by atoms with van der Waals surface area (Å²) >= 11 is 0. The molecule has 3 heteroatoms. The van der Waals surface area contributed by atoms with Crippen molar-refractivity contribution in [2.24, 2.45) is 7.05 Å². The molecule has 0 bridgehead atoms. The van der Waals surface area contributed by atoms with Crippen LogP contribution in [-0.4, -0.2) is 34.3 Å². The van der Waals surface area contributed by atoms with Crippen LogP contribution in [-0.2, 0) is 18.3 Å². The van der Waals surface area contributed by atoms with Crippen LogP contribution in [0.25, 0.3) is 0 Å². The van der Waals surface area contributed by atoms with Crippen molar-refractivity contribution in [3.8, 4) is 0 Å². The highest BCUT2D eigenvalue weighted by Crippen LogP contribution is 2.24. The summed E-state index contributed by atoms with van der Waals surface area (Å²) in [7, 11) is 2.07. The number of morpholine rings is 1. The predicted molar refractivity (Wildman–Crippen MR) is 65.3 cm³/mol. The van der Waals surface area contributed by atoms with Crippen LogP contribution in [0.5, 0.6) is 0 Å². The van der Waals surface area contributed by atoms with Crippen LogP contribution in [0.4, 0.5) is 0 Å². The number of nitrogens with zero attached hydrogens (tertiary/aromatic N) is 2. The van der Waals surface area contributed by atoms with Crippen LogP contribution in [0, 0.1) is 0 Å². The molecule has 0 aromatic carbocycles. The third kappa shape index (κ3) is 2.47. The van der Waals surface area contributed by atoms with E-state index in [4.69, 9.17) is 4.74 Å². The van der Waals surface area contributed by atoms with Gasteiger partial charge in [-0.2, -0.15) is 0 Å². The molecule has 1 aromatic rings. The van der Waals surface area contributed by atoms with Crippen LogP contribution in [0.1, 0.15) is 26.3 Å². The lowest BCUT2D eigenvalue weighted by molar-refractivity contribution is -0.0949. The molecular weight excluding hydrogens is 200 g/mol. The molecule has 0 aliphatic carbocycles. The molecule has 1 saturated heterocycles. The highest BCUT2D eigenvalue weighted by molar-refractivity contribution is 5.10. The lowest BCUT2D eigenvalue weighted by Crippen LogP contribution is -2.54. The van der Waals surface area contributed by atoms with E-state index in [9.17, 15) is 0 Å². The van der Waals surface area contributed by atoms with Crippen molar-refractivity contribution in [1.29, 1.82) is 0 Å². The zero-order chi connectivity index (χ0) is 11.8. The molecule has 0 N–H and O–H groups in total. The SMILES string of the molecule is C[C@H]1CN(Cc2ccn(C)c2)C(C)(C)CO1. The highest BCUT2D eigenvalue weighted by atomic mass is 16.5. The van der Waals surface area contributed by atoms with E-state index in [0.717, 1.165) is 19.7 Å². The van der Waals surface area contributed by atoms with Crippen LogP contribution in [0.15, 0.2) is 18.5 Å². The van der Waals surface area contributed by atoms with Crippen molar-refractivity contribution in [3.05, 3.63) is 24.0 Å². The average molecular weight is 222 g/mol. The fourth-order valence-corrected chi connectivity index (χ4v) is 2.20. The van der Waals surface area contributed by atoms with Gasteiger partial charge in [0.05, 0.1) is 12.7 Å². The summed E-state index contributed by atoms with van der Waals surface area (Å²) in [6.07, 6.45) is 4.64. The number of aryl methyl sites for hydroxylation is 1. The summed E-state index contributed by atoms with van der Waals surface area (Å²) in [5.41, 5.74) is 1.52. The Balaban J connectivity index is 2.06. The summed E-state index contributed by atoms with van der Waals surface area (Å²) < 4.78 is 7.82. The van der Waals surface area contributed by atoms with Gasteiger partial charge in [-0.15, -0.1) is 0 Å². The fourth-order valence-electron chi connectivity index (χ4n) is 2.20. The first-order valence-corrected chi connectivity index (χ1v) is 5.95. The predicted octanol–water partition coefficient (Wildman–Crippen LogP) is 2.02. The molecule has 1 aliphatic rings. The molecule has 0 amide bonds. The summed E-state index contributed by atoms with van der Waals surface area (Å²) in [4.78, 5) is 2.51. The van der Waals surface area contributed by atoms with Crippen molar-refractivity contribution in [2.45, 2.75) is 39.0 Å². The van der Waals surface area contributed by atoms with E-state index in [1.807, 2.05) is 0 Å². The Morgan fingerprint density at radius 1 is 1.50 bits per heavy atom. The number of aromatic nitrogens is 1. The van der Waals surface area contributed by atoms with Crippen molar-refractivity contribution >= 4 is 0 Å². The molecular formula is C13H22N2O. The molecule has 3 nitrogen and oxygen atoms in total. The third-order valence-electron chi connectivity index (χ3n) is 3.32. The van der Waals surface area contributed by atoms with Crippen LogP contribution in [0.2, 0.25) is 0 Å². The maximum Gasteiger partial charge on any atom is 0.0675 e. The Labute approximate surface area is 98.0 Å². The molecule has 1 aromatic heterocycles. The normalized spacial score (nSPS) is 25.9. The van der Waals surface area contributed by atoms with E-state index >= 15 is 0 Å². The molecule has 0 radical (unpaired) electrons. The van der Waals surface area contributed by atoms with E-state index < -0.39 is 0 Å². The van der Waals surface area contributed by atoms with Gasteiger partial charge in [-0.05, 0) is 32.4 Å². The van der Waals surface area contributed by atoms with Crippen LogP contribution >= 0.6 is 0 Å². The van der Waals surface area contributed by atoms with Gasteiger partial charge in [-0.3, -0.25) is 4.90 Å². The molecule has 90 valence electrons. The largest absolute Gasteiger partial charge is 0.375 e. The minimum Gasteiger partial charge on any atom is -0.375 e. The van der Waals surface area contributed by atoms with Gasteiger partial charge in [0.1, 0.15) is 0 Å². The lowest BCUT2D eigenvalue weighted by Gasteiger charge is -2.44. The van der Waals surface area contributed by atoms with Crippen molar-refractivity contribution < 1.29 is 4.74 Å². The fraction of sp³-hybridized carbons (Fsp3) is 0.692. The first-order valence-electron chi connectivity index (χ1n) is 5.95. The van der Waals surface area contributed by atoms with E-state index in [1.54, 1.807) is 0 Å². The van der Waals surface area contributed by atoms with Gasteiger partial charge in [0.15, 0.2) is 0 Å². The maximum atomic E-state index is 5.72. The van der Waals surface area contributed by atoms with Crippen LogP contribution < -0.4 is 0 Å². The third-order valence-corrected chi connectivity index (χ3v) is 3.32. The van der Waals surface area contributed by atoms with E-state index in [0.29, 0.717) is 6.10 Å². The van der Waals surface area contributed by atoms with Crippen LogP contribution in [0.3, 0.4) is 0 Å². The summed E-state index contributed by atoms with van der Waals surface area (Å²) in [5, 5.41) is 0. The first-order chi connectivity index (χ1) is 7.47. The lowest BCUT2D eigenvalue weighted by atomic mass is 10.0. The zero-order valence-corrected chi connectivity index (χ0v) is 10.7. The van der Waals surface area contributed by atoms with Gasteiger partial charge < -0.3 is 9.30 Å². The molecule has 1 fully saturated rings. The molecule has 2 heterocycles. The number of hydrogen-bond acceptors (Lipinski definition) is 2. The number of rotatable bonds is 2. The minimum atomic E-state index is 0.141. The quantitative estimate of drug-likeness (QED) is 0.761. The second-order valence-electron chi connectivity index (χ2n) is 5.50. The summed E-state index contributed by atoms with van der Waals surface area (Å²) in [6, 6.07) is 2.19. The summed E-state index contributed by atoms with van der Waals surface area (Å²) in [6.45, 7) is 9.50. The number of ether oxygens (including phenoxy) is 1. The van der Waals surface area contributed by atoms with Gasteiger partial charge in [0.25, 0.3) is 0 Å². The molecule has 0 unspecified atom stereocenters. The molecule has 2 rings (SSSR count). The van der Waals surface area contributed by atoms with Gasteiger partial charge in [-0.25, -0.2) is 0 Å². The molecule has 16 heavy (non-hydrogen) atoms. The minimum absolute atomic E-state index is 0.141. The molecule has 0 spiro atoms. The topological polar surface area (TPSA) is 17.4 Å². The zero-order valence-electron chi connectivity index (χ0n) is 10.7. The van der Waals surface area contributed by atoms with Crippen molar-refractivity contribution in [3.63, 3.8) is 0 Å². The summed E-state index contributed by atoms with van der Waals surface area (Å²) in [5.74, 6) is 0. The molecule has 1 aliphatic heterocycles. The Bertz CT molecular complexity index is 357. The standard InChI is InChI=1S/C13H22N2O/c1-11-7-15(13(2,3)10-16-11)9-12-5-6-14(4)8-12/h5-6,8,11H,7,9-10H2,1-4H3/t11-/m0/s1. The Kier molecular flexibility index (Phi) is 3.08. The van der Waals surface area contributed by atoms with Gasteiger partial charge in [-0.1, -0.05) is 0 Å².